The first-order valence-corrected chi connectivity index (χ1v) is 14.7. The van der Waals surface area contributed by atoms with Crippen LogP contribution in [0.2, 0.25) is 5.02 Å². The van der Waals surface area contributed by atoms with Gasteiger partial charge in [0.05, 0.1) is 15.5 Å². The SMILES string of the molecule is O=C(c1nc(-c2ccc(Cl)cc2)c(-c2ccc(S(=O)(=O)N3CCCCC3)cc2)s1)N1CC2CC2C1. The van der Waals surface area contributed by atoms with Crippen molar-refractivity contribution in [1.29, 1.82) is 0 Å². The predicted octanol–water partition coefficient (Wildman–Crippen LogP) is 5.40. The molecule has 2 atom stereocenters. The van der Waals surface area contributed by atoms with Crippen molar-refractivity contribution in [2.75, 3.05) is 26.2 Å². The Hall–Kier alpha value is -2.26. The fourth-order valence-corrected chi connectivity index (χ4v) is 7.85. The van der Waals surface area contributed by atoms with Crippen molar-refractivity contribution in [3.63, 3.8) is 0 Å². The van der Waals surface area contributed by atoms with Crippen LogP contribution in [0.5, 0.6) is 0 Å². The first kappa shape index (κ1) is 23.2. The van der Waals surface area contributed by atoms with Gasteiger partial charge >= 0.3 is 0 Å². The summed E-state index contributed by atoms with van der Waals surface area (Å²) in [6.07, 6.45) is 4.11. The fraction of sp³-hybridized carbons (Fsp3) is 0.385. The van der Waals surface area contributed by atoms with Crippen LogP contribution in [0, 0.1) is 11.8 Å². The number of hydrogen-bond donors (Lipinski definition) is 0. The van der Waals surface area contributed by atoms with E-state index in [9.17, 15) is 13.2 Å². The number of thiazole rings is 1. The van der Waals surface area contributed by atoms with Crippen LogP contribution in [0.4, 0.5) is 0 Å². The number of nitrogens with zero attached hydrogens (tertiary/aromatic N) is 3. The van der Waals surface area contributed by atoms with E-state index in [-0.39, 0.29) is 5.91 Å². The van der Waals surface area contributed by atoms with Crippen LogP contribution in [-0.4, -0.2) is 54.7 Å². The zero-order chi connectivity index (χ0) is 24.2. The van der Waals surface area contributed by atoms with Crippen molar-refractivity contribution in [2.45, 2.75) is 30.6 Å². The average Bonchev–Trinajstić information content (AvgIpc) is 3.28. The second-order valence-electron chi connectivity index (χ2n) is 9.66. The molecule has 6 nitrogen and oxygen atoms in total. The molecule has 1 aromatic heterocycles. The van der Waals surface area contributed by atoms with Gasteiger partial charge < -0.3 is 4.90 Å². The molecule has 2 saturated heterocycles. The van der Waals surface area contributed by atoms with Gasteiger partial charge in [0.1, 0.15) is 0 Å². The van der Waals surface area contributed by atoms with Gasteiger partial charge in [-0.2, -0.15) is 4.31 Å². The number of carbonyl (C=O) groups excluding carboxylic acids is 1. The van der Waals surface area contributed by atoms with E-state index in [1.54, 1.807) is 16.4 Å². The number of sulfonamides is 1. The van der Waals surface area contributed by atoms with E-state index in [4.69, 9.17) is 16.6 Å². The summed E-state index contributed by atoms with van der Waals surface area (Å²) in [5.41, 5.74) is 2.42. The Balaban J connectivity index is 1.35. The van der Waals surface area contributed by atoms with Crippen LogP contribution < -0.4 is 0 Å². The quantitative estimate of drug-likeness (QED) is 0.445. The lowest BCUT2D eigenvalue weighted by Gasteiger charge is -2.25. The Kier molecular flexibility index (Phi) is 5.95. The van der Waals surface area contributed by atoms with Crippen molar-refractivity contribution in [3.05, 3.63) is 58.6 Å². The molecule has 182 valence electrons. The van der Waals surface area contributed by atoms with Gasteiger partial charge in [0, 0.05) is 36.8 Å². The van der Waals surface area contributed by atoms with Gasteiger partial charge in [-0.05, 0) is 60.9 Å². The first-order chi connectivity index (χ1) is 16.9. The number of aromatic nitrogens is 1. The van der Waals surface area contributed by atoms with Gasteiger partial charge in [-0.1, -0.05) is 42.3 Å². The smallest absolute Gasteiger partial charge is 0.282 e. The van der Waals surface area contributed by atoms with Crippen molar-refractivity contribution < 1.29 is 13.2 Å². The molecule has 3 aromatic rings. The third-order valence-electron chi connectivity index (χ3n) is 7.26. The highest BCUT2D eigenvalue weighted by atomic mass is 35.5. The minimum absolute atomic E-state index is 0.0204. The van der Waals surface area contributed by atoms with Gasteiger partial charge in [-0.25, -0.2) is 13.4 Å². The van der Waals surface area contributed by atoms with Gasteiger partial charge in [0.2, 0.25) is 10.0 Å². The third kappa shape index (κ3) is 4.42. The normalized spacial score (nSPS) is 22.3. The molecule has 1 amide bonds. The van der Waals surface area contributed by atoms with E-state index in [0.29, 0.717) is 45.5 Å². The Morgan fingerprint density at radius 2 is 1.54 bits per heavy atom. The Labute approximate surface area is 214 Å². The lowest BCUT2D eigenvalue weighted by Crippen LogP contribution is -2.35. The molecular weight excluding hydrogens is 502 g/mol. The van der Waals surface area contributed by atoms with Crippen molar-refractivity contribution in [2.24, 2.45) is 11.8 Å². The summed E-state index contributed by atoms with van der Waals surface area (Å²) in [4.78, 5) is 21.1. The molecule has 0 spiro atoms. The number of fused-ring (bicyclic) bond motifs is 1. The lowest BCUT2D eigenvalue weighted by atomic mass is 10.1. The van der Waals surface area contributed by atoms with Gasteiger partial charge in [-0.3, -0.25) is 4.79 Å². The summed E-state index contributed by atoms with van der Waals surface area (Å²) in [7, 11) is -3.50. The largest absolute Gasteiger partial charge is 0.336 e. The monoisotopic (exact) mass is 527 g/mol. The summed E-state index contributed by atoms with van der Waals surface area (Å²) >= 11 is 7.47. The first-order valence-electron chi connectivity index (χ1n) is 12.1. The zero-order valence-corrected chi connectivity index (χ0v) is 21.6. The van der Waals surface area contributed by atoms with Crippen molar-refractivity contribution >= 4 is 38.9 Å². The number of amides is 1. The molecule has 3 fully saturated rings. The van der Waals surface area contributed by atoms with Crippen molar-refractivity contribution in [1.82, 2.24) is 14.2 Å². The summed E-state index contributed by atoms with van der Waals surface area (Å²) in [5.74, 6) is 1.29. The molecule has 2 aromatic carbocycles. The average molecular weight is 528 g/mol. The highest BCUT2D eigenvalue weighted by molar-refractivity contribution is 7.89. The van der Waals surface area contributed by atoms with E-state index >= 15 is 0 Å². The van der Waals surface area contributed by atoms with Gasteiger partial charge in [-0.15, -0.1) is 11.3 Å². The second-order valence-corrected chi connectivity index (χ2v) is 13.0. The van der Waals surface area contributed by atoms with E-state index in [2.05, 4.69) is 0 Å². The Morgan fingerprint density at radius 3 is 2.20 bits per heavy atom. The van der Waals surface area contributed by atoms with Gasteiger partial charge in [0.25, 0.3) is 5.91 Å². The van der Waals surface area contributed by atoms with Crippen LogP contribution in [-0.2, 0) is 10.0 Å². The van der Waals surface area contributed by atoms with Crippen LogP contribution in [0.3, 0.4) is 0 Å². The summed E-state index contributed by atoms with van der Waals surface area (Å²) in [5, 5.41) is 1.10. The molecule has 9 heteroatoms. The Morgan fingerprint density at radius 1 is 0.914 bits per heavy atom. The molecular formula is C26H26ClN3O3S2. The van der Waals surface area contributed by atoms with E-state index in [1.165, 1.54) is 17.8 Å². The molecule has 3 aliphatic rings. The van der Waals surface area contributed by atoms with Gasteiger partial charge in [0.15, 0.2) is 5.01 Å². The standard InChI is InChI=1S/C26H26ClN3O3S2/c27-21-8-4-17(5-9-21)23-24(34-25(28-23)26(31)29-15-19-14-20(19)16-29)18-6-10-22(11-7-18)35(32,33)30-12-2-1-3-13-30/h4-11,19-20H,1-3,12-16H2. The minimum atomic E-state index is -3.50. The second kappa shape index (κ2) is 9.00. The van der Waals surface area contributed by atoms with Crippen LogP contribution in [0.15, 0.2) is 53.4 Å². The lowest BCUT2D eigenvalue weighted by molar-refractivity contribution is 0.0775. The van der Waals surface area contributed by atoms with Crippen LogP contribution in [0.1, 0.15) is 35.5 Å². The van der Waals surface area contributed by atoms with E-state index < -0.39 is 10.0 Å². The maximum atomic E-state index is 13.2. The molecule has 3 heterocycles. The van der Waals surface area contributed by atoms with E-state index in [1.807, 2.05) is 41.3 Å². The summed E-state index contributed by atoms with van der Waals surface area (Å²) in [6, 6.07) is 14.4. The highest BCUT2D eigenvalue weighted by Crippen LogP contribution is 2.46. The number of halogens is 1. The molecule has 1 saturated carbocycles. The maximum Gasteiger partial charge on any atom is 0.282 e. The molecule has 0 radical (unpaired) electrons. The van der Waals surface area contributed by atoms with Crippen molar-refractivity contribution in [3.8, 4) is 21.7 Å². The number of benzene rings is 2. The number of carbonyl (C=O) groups is 1. The molecule has 1 aliphatic carbocycles. The Bertz CT molecular complexity index is 1350. The molecule has 6 rings (SSSR count). The number of rotatable bonds is 5. The molecule has 2 aliphatic heterocycles. The number of piperidine rings is 2. The third-order valence-corrected chi connectivity index (χ3v) is 10.5. The molecule has 2 unspecified atom stereocenters. The highest BCUT2D eigenvalue weighted by Gasteiger charge is 2.47. The summed E-state index contributed by atoms with van der Waals surface area (Å²) < 4.78 is 27.7. The topological polar surface area (TPSA) is 70.6 Å². The zero-order valence-electron chi connectivity index (χ0n) is 19.2. The fourth-order valence-electron chi connectivity index (χ4n) is 5.14. The predicted molar refractivity (Wildman–Crippen MR) is 138 cm³/mol. The molecule has 0 bridgehead atoms. The van der Waals surface area contributed by atoms with Crippen LogP contribution in [0.25, 0.3) is 21.7 Å². The molecule has 0 N–H and O–H groups in total. The van der Waals surface area contributed by atoms with E-state index in [0.717, 1.165) is 48.4 Å². The minimum Gasteiger partial charge on any atom is -0.336 e. The van der Waals surface area contributed by atoms with Crippen LogP contribution >= 0.6 is 22.9 Å². The maximum absolute atomic E-state index is 13.2. The number of hydrogen-bond acceptors (Lipinski definition) is 5. The number of likely N-dealkylation sites (tertiary alicyclic amines) is 1. The molecule has 35 heavy (non-hydrogen) atoms. The summed E-state index contributed by atoms with van der Waals surface area (Å²) in [6.45, 7) is 2.78.